The molecule has 2 saturated heterocycles. The number of thiophene rings is 1. The summed E-state index contributed by atoms with van der Waals surface area (Å²) in [7, 11) is 0. The number of nitrogens with one attached hydrogen (secondary N) is 1. The normalized spacial score (nSPS) is 28.7. The summed E-state index contributed by atoms with van der Waals surface area (Å²) in [5, 5.41) is 5.04. The van der Waals surface area contributed by atoms with Crippen molar-refractivity contribution in [2.24, 2.45) is 10.9 Å². The zero-order valence-corrected chi connectivity index (χ0v) is 13.8. The SMILES string of the molecule is O=C1NC(=O)[C@@H]2SC(=Nc3ccccc3)C[C@@H](c3cccs3)[C@H]12. The van der Waals surface area contributed by atoms with Crippen LogP contribution in [0.25, 0.3) is 0 Å². The Morgan fingerprint density at radius 3 is 2.61 bits per heavy atom. The Balaban J connectivity index is 1.71. The van der Waals surface area contributed by atoms with E-state index in [1.807, 2.05) is 47.8 Å². The zero-order chi connectivity index (χ0) is 15.8. The first-order chi connectivity index (χ1) is 11.2. The average Bonchev–Trinajstić information content (AvgIpc) is 3.17. The molecule has 0 radical (unpaired) electrons. The van der Waals surface area contributed by atoms with Gasteiger partial charge in [0.15, 0.2) is 0 Å². The van der Waals surface area contributed by atoms with Crippen LogP contribution in [0.15, 0.2) is 52.8 Å². The van der Waals surface area contributed by atoms with E-state index in [9.17, 15) is 9.59 Å². The molecule has 2 aromatic rings. The number of benzene rings is 1. The maximum atomic E-state index is 12.2. The molecule has 4 nitrogen and oxygen atoms in total. The number of carbonyl (C=O) groups excluding carboxylic acids is 2. The van der Waals surface area contributed by atoms with Crippen LogP contribution in [-0.4, -0.2) is 22.1 Å². The van der Waals surface area contributed by atoms with Crippen molar-refractivity contribution in [1.82, 2.24) is 5.32 Å². The van der Waals surface area contributed by atoms with Crippen molar-refractivity contribution < 1.29 is 9.59 Å². The van der Waals surface area contributed by atoms with Gasteiger partial charge in [0.05, 0.1) is 16.6 Å². The van der Waals surface area contributed by atoms with E-state index in [1.165, 1.54) is 11.8 Å². The molecule has 1 aromatic carbocycles. The number of thioether (sulfide) groups is 1. The van der Waals surface area contributed by atoms with Gasteiger partial charge in [-0.05, 0) is 23.6 Å². The van der Waals surface area contributed by atoms with Gasteiger partial charge in [-0.1, -0.05) is 36.0 Å². The van der Waals surface area contributed by atoms with Crippen molar-refractivity contribution in [3.8, 4) is 0 Å². The molecule has 1 N–H and O–H groups in total. The minimum atomic E-state index is -0.370. The van der Waals surface area contributed by atoms with Crippen LogP contribution < -0.4 is 5.32 Å². The maximum Gasteiger partial charge on any atom is 0.240 e. The molecule has 0 bridgehead atoms. The molecule has 2 aliphatic heterocycles. The number of nitrogens with zero attached hydrogens (tertiary/aromatic N) is 1. The number of hydrogen-bond donors (Lipinski definition) is 1. The van der Waals surface area contributed by atoms with Gasteiger partial charge in [-0.2, -0.15) is 0 Å². The number of rotatable bonds is 2. The minimum absolute atomic E-state index is 0.0233. The summed E-state index contributed by atoms with van der Waals surface area (Å²) >= 11 is 3.07. The topological polar surface area (TPSA) is 58.5 Å². The van der Waals surface area contributed by atoms with Crippen LogP contribution in [0.4, 0.5) is 5.69 Å². The summed E-state index contributed by atoms with van der Waals surface area (Å²) in [6.45, 7) is 0. The molecule has 3 atom stereocenters. The first-order valence-corrected chi connectivity index (χ1v) is 9.15. The summed E-state index contributed by atoms with van der Waals surface area (Å²) in [4.78, 5) is 30.2. The van der Waals surface area contributed by atoms with Gasteiger partial charge in [-0.25, -0.2) is 4.99 Å². The van der Waals surface area contributed by atoms with Gasteiger partial charge in [0.25, 0.3) is 0 Å². The highest BCUT2D eigenvalue weighted by Crippen LogP contribution is 2.46. The van der Waals surface area contributed by atoms with E-state index >= 15 is 0 Å². The summed E-state index contributed by atoms with van der Waals surface area (Å²) in [5.74, 6) is -0.604. The fourth-order valence-corrected chi connectivity index (χ4v) is 5.33. The van der Waals surface area contributed by atoms with Gasteiger partial charge < -0.3 is 0 Å². The number of para-hydroxylation sites is 1. The Morgan fingerprint density at radius 1 is 1.04 bits per heavy atom. The lowest BCUT2D eigenvalue weighted by molar-refractivity contribution is -0.126. The first kappa shape index (κ1) is 14.7. The van der Waals surface area contributed by atoms with Crippen molar-refractivity contribution in [3.63, 3.8) is 0 Å². The van der Waals surface area contributed by atoms with E-state index in [0.29, 0.717) is 6.42 Å². The third-order valence-corrected chi connectivity index (χ3v) is 6.44. The van der Waals surface area contributed by atoms with Crippen molar-refractivity contribution in [1.29, 1.82) is 0 Å². The Kier molecular flexibility index (Phi) is 3.79. The van der Waals surface area contributed by atoms with Crippen LogP contribution in [0.3, 0.4) is 0 Å². The van der Waals surface area contributed by atoms with Gasteiger partial charge in [0, 0.05) is 17.2 Å². The van der Waals surface area contributed by atoms with E-state index in [2.05, 4.69) is 5.32 Å². The molecule has 2 amide bonds. The highest BCUT2D eigenvalue weighted by Gasteiger charge is 2.50. The lowest BCUT2D eigenvalue weighted by atomic mass is 9.86. The minimum Gasteiger partial charge on any atom is -0.295 e. The molecule has 0 saturated carbocycles. The Bertz CT molecular complexity index is 771. The first-order valence-electron chi connectivity index (χ1n) is 7.40. The Hall–Kier alpha value is -1.92. The van der Waals surface area contributed by atoms with E-state index in [1.54, 1.807) is 11.3 Å². The molecule has 0 aliphatic carbocycles. The van der Waals surface area contributed by atoms with Gasteiger partial charge in [-0.3, -0.25) is 14.9 Å². The molecule has 3 heterocycles. The second-order valence-corrected chi connectivity index (χ2v) is 7.78. The molecule has 116 valence electrons. The van der Waals surface area contributed by atoms with Gasteiger partial charge >= 0.3 is 0 Å². The molecule has 2 fully saturated rings. The summed E-state index contributed by atoms with van der Waals surface area (Å²) in [5.41, 5.74) is 0.878. The average molecular weight is 342 g/mol. The second-order valence-electron chi connectivity index (χ2n) is 5.58. The number of fused-ring (bicyclic) bond motifs is 1. The van der Waals surface area contributed by atoms with Crippen LogP contribution >= 0.6 is 23.1 Å². The number of amides is 2. The summed E-state index contributed by atoms with van der Waals surface area (Å²) in [6.07, 6.45) is 0.696. The number of carbonyl (C=O) groups is 2. The fourth-order valence-electron chi connectivity index (χ4n) is 3.11. The monoisotopic (exact) mass is 342 g/mol. The highest BCUT2D eigenvalue weighted by molar-refractivity contribution is 8.15. The quantitative estimate of drug-likeness (QED) is 0.852. The lowest BCUT2D eigenvalue weighted by Gasteiger charge is -2.30. The number of imide groups is 1. The fraction of sp³-hybridized carbons (Fsp3) is 0.235. The van der Waals surface area contributed by atoms with Crippen LogP contribution in [0.1, 0.15) is 17.2 Å². The van der Waals surface area contributed by atoms with E-state index in [-0.39, 0.29) is 28.9 Å². The van der Waals surface area contributed by atoms with Crippen LogP contribution in [-0.2, 0) is 9.59 Å². The molecule has 1 aromatic heterocycles. The molecule has 4 rings (SSSR count). The van der Waals surface area contributed by atoms with Crippen molar-refractivity contribution in [2.45, 2.75) is 17.6 Å². The smallest absolute Gasteiger partial charge is 0.240 e. The summed E-state index contributed by atoms with van der Waals surface area (Å²) < 4.78 is 0. The predicted molar refractivity (Wildman–Crippen MR) is 93.2 cm³/mol. The van der Waals surface area contributed by atoms with Gasteiger partial charge in [0.1, 0.15) is 5.25 Å². The number of aliphatic imine (C=N–C) groups is 1. The lowest BCUT2D eigenvalue weighted by Crippen LogP contribution is -2.33. The predicted octanol–water partition coefficient (Wildman–Crippen LogP) is 3.34. The molecule has 2 aliphatic rings. The van der Waals surface area contributed by atoms with Crippen LogP contribution in [0.5, 0.6) is 0 Å². The third kappa shape index (κ3) is 2.72. The molecular weight excluding hydrogens is 328 g/mol. The maximum absolute atomic E-state index is 12.2. The Labute approximate surface area is 142 Å². The third-order valence-electron chi connectivity index (χ3n) is 4.14. The van der Waals surface area contributed by atoms with Gasteiger partial charge in [0.2, 0.25) is 11.8 Å². The molecule has 6 heteroatoms. The standard InChI is InChI=1S/C17H14N2O2S2/c20-16-14-11(12-7-4-8-22-12)9-13(23-15(14)17(21)19-16)18-10-5-2-1-3-6-10/h1-8,11,14-15H,9H2,(H,19,20,21)/t11-,14-,15+/m0/s1. The van der Waals surface area contributed by atoms with Crippen LogP contribution in [0.2, 0.25) is 0 Å². The van der Waals surface area contributed by atoms with Crippen molar-refractivity contribution in [2.75, 3.05) is 0 Å². The molecule has 23 heavy (non-hydrogen) atoms. The van der Waals surface area contributed by atoms with E-state index < -0.39 is 0 Å². The molecule has 0 spiro atoms. The van der Waals surface area contributed by atoms with Gasteiger partial charge in [-0.15, -0.1) is 11.3 Å². The van der Waals surface area contributed by atoms with Crippen LogP contribution in [0, 0.1) is 5.92 Å². The largest absolute Gasteiger partial charge is 0.295 e. The zero-order valence-electron chi connectivity index (χ0n) is 12.1. The molecular formula is C17H14N2O2S2. The summed E-state index contributed by atoms with van der Waals surface area (Å²) in [6, 6.07) is 13.7. The Morgan fingerprint density at radius 2 is 1.87 bits per heavy atom. The second kappa shape index (κ2) is 5.94. The number of hydrogen-bond acceptors (Lipinski definition) is 5. The van der Waals surface area contributed by atoms with Crippen molar-refractivity contribution >= 4 is 45.6 Å². The highest BCUT2D eigenvalue weighted by atomic mass is 32.2. The van der Waals surface area contributed by atoms with Crippen molar-refractivity contribution in [3.05, 3.63) is 52.7 Å². The molecule has 0 unspecified atom stereocenters. The van der Waals surface area contributed by atoms with E-state index in [0.717, 1.165) is 15.6 Å². The van der Waals surface area contributed by atoms with E-state index in [4.69, 9.17) is 4.99 Å².